The zero-order valence-corrected chi connectivity index (χ0v) is 13.4. The van der Waals surface area contributed by atoms with E-state index in [0.29, 0.717) is 23.5 Å². The van der Waals surface area contributed by atoms with Crippen LogP contribution >= 0.6 is 0 Å². The molecule has 4 unspecified atom stereocenters. The van der Waals surface area contributed by atoms with E-state index in [9.17, 15) is 5.11 Å². The number of rotatable bonds is 3. The molecule has 2 N–H and O–H groups in total. The molecule has 2 heterocycles. The molecular weight excluding hydrogens is 248 g/mol. The summed E-state index contributed by atoms with van der Waals surface area (Å²) in [5.74, 6) is 0.780. The van der Waals surface area contributed by atoms with Crippen molar-refractivity contribution in [2.24, 2.45) is 11.3 Å². The molecule has 1 saturated carbocycles. The van der Waals surface area contributed by atoms with Gasteiger partial charge >= 0.3 is 0 Å². The smallest absolute Gasteiger partial charge is 0.0570 e. The summed E-state index contributed by atoms with van der Waals surface area (Å²) in [6.07, 6.45) is 8.61. The standard InChI is InChI=1S/C17H32N2O/c1-17(2)7-6-16(18-3)12(10-17)11-19-13-4-5-14(19)9-15(20)8-13/h12-16,18,20H,4-11H2,1-3H3. The third kappa shape index (κ3) is 2.90. The largest absolute Gasteiger partial charge is 0.393 e. The Labute approximate surface area is 124 Å². The van der Waals surface area contributed by atoms with E-state index in [1.54, 1.807) is 0 Å². The molecular formula is C17H32N2O. The van der Waals surface area contributed by atoms with Crippen molar-refractivity contribution in [3.8, 4) is 0 Å². The Morgan fingerprint density at radius 1 is 1.15 bits per heavy atom. The van der Waals surface area contributed by atoms with Gasteiger partial charge in [0.15, 0.2) is 0 Å². The molecule has 20 heavy (non-hydrogen) atoms. The lowest BCUT2D eigenvalue weighted by Crippen LogP contribution is -2.51. The van der Waals surface area contributed by atoms with Gasteiger partial charge in [0.25, 0.3) is 0 Å². The maximum Gasteiger partial charge on any atom is 0.0570 e. The highest BCUT2D eigenvalue weighted by Crippen LogP contribution is 2.42. The Morgan fingerprint density at radius 3 is 2.40 bits per heavy atom. The van der Waals surface area contributed by atoms with Gasteiger partial charge in [0, 0.05) is 24.7 Å². The van der Waals surface area contributed by atoms with Crippen molar-refractivity contribution in [3.05, 3.63) is 0 Å². The molecule has 2 aliphatic heterocycles. The highest BCUT2D eigenvalue weighted by molar-refractivity contribution is 4.98. The molecule has 0 spiro atoms. The SMILES string of the molecule is CNC1CCC(C)(C)CC1CN1C2CCC1CC(O)C2. The lowest BCUT2D eigenvalue weighted by atomic mass is 9.69. The maximum absolute atomic E-state index is 9.96. The second-order valence-corrected chi connectivity index (χ2v) is 8.27. The Morgan fingerprint density at radius 2 is 1.80 bits per heavy atom. The average Bonchev–Trinajstić information content (AvgIpc) is 2.61. The summed E-state index contributed by atoms with van der Waals surface area (Å²) in [7, 11) is 2.13. The molecule has 3 rings (SSSR count). The lowest BCUT2D eigenvalue weighted by Gasteiger charge is -2.45. The number of nitrogens with zero attached hydrogens (tertiary/aromatic N) is 1. The Bertz CT molecular complexity index is 330. The number of aliphatic hydroxyl groups is 1. The monoisotopic (exact) mass is 280 g/mol. The van der Waals surface area contributed by atoms with Gasteiger partial charge in [-0.15, -0.1) is 0 Å². The van der Waals surface area contributed by atoms with Gasteiger partial charge in [-0.25, -0.2) is 0 Å². The van der Waals surface area contributed by atoms with Gasteiger partial charge in [-0.2, -0.15) is 0 Å². The fraction of sp³-hybridized carbons (Fsp3) is 1.00. The van der Waals surface area contributed by atoms with Crippen molar-refractivity contribution in [1.29, 1.82) is 0 Å². The molecule has 4 atom stereocenters. The van der Waals surface area contributed by atoms with E-state index in [1.807, 2.05) is 0 Å². The van der Waals surface area contributed by atoms with Crippen LogP contribution in [-0.2, 0) is 0 Å². The first kappa shape index (κ1) is 14.8. The van der Waals surface area contributed by atoms with Crippen molar-refractivity contribution in [3.63, 3.8) is 0 Å². The van der Waals surface area contributed by atoms with Crippen LogP contribution in [-0.4, -0.2) is 47.8 Å². The summed E-state index contributed by atoms with van der Waals surface area (Å²) >= 11 is 0. The molecule has 2 bridgehead atoms. The third-order valence-corrected chi connectivity index (χ3v) is 6.19. The Balaban J connectivity index is 1.66. The minimum atomic E-state index is -0.0355. The van der Waals surface area contributed by atoms with Crippen LogP contribution in [0.3, 0.4) is 0 Å². The van der Waals surface area contributed by atoms with Crippen molar-refractivity contribution in [1.82, 2.24) is 10.2 Å². The minimum absolute atomic E-state index is 0.0355. The van der Waals surface area contributed by atoms with E-state index >= 15 is 0 Å². The summed E-state index contributed by atoms with van der Waals surface area (Å²) in [6.45, 7) is 6.11. The minimum Gasteiger partial charge on any atom is -0.393 e. The first-order valence-corrected chi connectivity index (χ1v) is 8.59. The second kappa shape index (κ2) is 5.58. The maximum atomic E-state index is 9.96. The summed E-state index contributed by atoms with van der Waals surface area (Å²) in [5, 5.41) is 13.5. The summed E-state index contributed by atoms with van der Waals surface area (Å²) in [4.78, 5) is 2.75. The molecule has 3 heteroatoms. The molecule has 0 aromatic carbocycles. The van der Waals surface area contributed by atoms with Gasteiger partial charge in [0.05, 0.1) is 6.10 Å². The number of hydrogen-bond donors (Lipinski definition) is 2. The van der Waals surface area contributed by atoms with Gasteiger partial charge in [-0.05, 0) is 63.3 Å². The van der Waals surface area contributed by atoms with Crippen LogP contribution < -0.4 is 5.32 Å². The highest BCUT2D eigenvalue weighted by Gasteiger charge is 2.43. The first-order valence-electron chi connectivity index (χ1n) is 8.59. The summed E-state index contributed by atoms with van der Waals surface area (Å²) in [6, 6.07) is 2.01. The van der Waals surface area contributed by atoms with Crippen LogP contribution in [0.4, 0.5) is 0 Å². The van der Waals surface area contributed by atoms with Crippen molar-refractivity contribution >= 4 is 0 Å². The average molecular weight is 280 g/mol. The van der Waals surface area contributed by atoms with E-state index in [-0.39, 0.29) is 6.10 Å². The van der Waals surface area contributed by atoms with Gasteiger partial charge in [0.1, 0.15) is 0 Å². The van der Waals surface area contributed by atoms with Gasteiger partial charge in [-0.1, -0.05) is 13.8 Å². The van der Waals surface area contributed by atoms with E-state index < -0.39 is 0 Å². The number of fused-ring (bicyclic) bond motifs is 2. The molecule has 3 nitrogen and oxygen atoms in total. The van der Waals surface area contributed by atoms with E-state index in [4.69, 9.17) is 0 Å². The molecule has 3 aliphatic rings. The number of piperidine rings is 1. The van der Waals surface area contributed by atoms with Crippen molar-refractivity contribution in [2.75, 3.05) is 13.6 Å². The number of aliphatic hydroxyl groups excluding tert-OH is 1. The normalized spacial score (nSPS) is 44.7. The number of nitrogens with one attached hydrogen (secondary N) is 1. The molecule has 1 aliphatic carbocycles. The molecule has 0 amide bonds. The lowest BCUT2D eigenvalue weighted by molar-refractivity contribution is 0.0108. The predicted octanol–water partition coefficient (Wildman–Crippen LogP) is 2.39. The Kier molecular flexibility index (Phi) is 4.13. The van der Waals surface area contributed by atoms with Crippen LogP contribution in [0.2, 0.25) is 0 Å². The van der Waals surface area contributed by atoms with E-state index in [0.717, 1.165) is 18.8 Å². The molecule has 116 valence electrons. The van der Waals surface area contributed by atoms with Crippen LogP contribution in [0.1, 0.15) is 58.8 Å². The van der Waals surface area contributed by atoms with Crippen LogP contribution in [0.5, 0.6) is 0 Å². The predicted molar refractivity (Wildman–Crippen MR) is 82.7 cm³/mol. The summed E-state index contributed by atoms with van der Waals surface area (Å²) in [5.41, 5.74) is 0.506. The molecule has 3 fully saturated rings. The topological polar surface area (TPSA) is 35.5 Å². The van der Waals surface area contributed by atoms with Gasteiger partial charge in [-0.3, -0.25) is 4.90 Å². The first-order chi connectivity index (χ1) is 9.48. The second-order valence-electron chi connectivity index (χ2n) is 8.27. The molecule has 0 aromatic rings. The zero-order valence-electron chi connectivity index (χ0n) is 13.4. The number of hydrogen-bond acceptors (Lipinski definition) is 3. The van der Waals surface area contributed by atoms with Crippen LogP contribution in [0, 0.1) is 11.3 Å². The quantitative estimate of drug-likeness (QED) is 0.833. The zero-order chi connectivity index (χ0) is 14.3. The van der Waals surface area contributed by atoms with Crippen LogP contribution in [0.25, 0.3) is 0 Å². The van der Waals surface area contributed by atoms with Gasteiger partial charge < -0.3 is 10.4 Å². The molecule has 2 saturated heterocycles. The highest BCUT2D eigenvalue weighted by atomic mass is 16.3. The molecule has 0 aromatic heterocycles. The fourth-order valence-electron chi connectivity index (χ4n) is 5.12. The van der Waals surface area contributed by atoms with Gasteiger partial charge in [0.2, 0.25) is 0 Å². The van der Waals surface area contributed by atoms with E-state index in [1.165, 1.54) is 38.6 Å². The van der Waals surface area contributed by atoms with Crippen LogP contribution in [0.15, 0.2) is 0 Å². The Hall–Kier alpha value is -0.120. The third-order valence-electron chi connectivity index (χ3n) is 6.19. The van der Waals surface area contributed by atoms with Crippen molar-refractivity contribution in [2.45, 2.75) is 83.0 Å². The van der Waals surface area contributed by atoms with E-state index in [2.05, 4.69) is 31.1 Å². The molecule has 0 radical (unpaired) electrons. The van der Waals surface area contributed by atoms with Crippen molar-refractivity contribution < 1.29 is 5.11 Å². The fourth-order valence-corrected chi connectivity index (χ4v) is 5.12. The summed E-state index contributed by atoms with van der Waals surface area (Å²) < 4.78 is 0.